The monoisotopic (exact) mass is 379 g/mol. The molecule has 144 valence electrons. The van der Waals surface area contributed by atoms with E-state index in [2.05, 4.69) is 9.88 Å². The number of benzene rings is 1. The van der Waals surface area contributed by atoms with E-state index >= 15 is 0 Å². The third-order valence-corrected chi connectivity index (χ3v) is 4.55. The summed E-state index contributed by atoms with van der Waals surface area (Å²) >= 11 is 0. The van der Waals surface area contributed by atoms with Gasteiger partial charge in [0.2, 0.25) is 0 Å². The summed E-state index contributed by atoms with van der Waals surface area (Å²) in [7, 11) is 0. The van der Waals surface area contributed by atoms with E-state index in [0.717, 1.165) is 43.8 Å². The highest BCUT2D eigenvalue weighted by molar-refractivity contribution is 5.85. The molecule has 0 radical (unpaired) electrons. The minimum Gasteiger partial charge on any atom is -0.477 e. The van der Waals surface area contributed by atoms with E-state index in [-0.39, 0.29) is 5.69 Å². The highest BCUT2D eigenvalue weighted by Crippen LogP contribution is 2.29. The summed E-state index contributed by atoms with van der Waals surface area (Å²) in [5.74, 6) is -0.429. The summed E-state index contributed by atoms with van der Waals surface area (Å²) in [6.07, 6.45) is -3.46. The quantitative estimate of drug-likeness (QED) is 0.881. The van der Waals surface area contributed by atoms with Gasteiger partial charge in [-0.15, -0.1) is 0 Å². The lowest BCUT2D eigenvalue weighted by Gasteiger charge is -2.23. The van der Waals surface area contributed by atoms with Crippen molar-refractivity contribution in [2.45, 2.75) is 19.1 Å². The van der Waals surface area contributed by atoms with Gasteiger partial charge in [-0.05, 0) is 36.2 Å². The molecule has 8 heteroatoms. The summed E-state index contributed by atoms with van der Waals surface area (Å²) < 4.78 is 38.0. The SMILES string of the molecule is O=C(O)c1cccc(N2CCCN(Cc3ccc(C(F)(F)F)cc3)CC2)n1. The average molecular weight is 379 g/mol. The number of rotatable bonds is 4. The maximum atomic E-state index is 12.7. The first kappa shape index (κ1) is 19.2. The Morgan fingerprint density at radius 1 is 1.04 bits per heavy atom. The molecular weight excluding hydrogens is 359 g/mol. The molecule has 0 aliphatic carbocycles. The van der Waals surface area contributed by atoms with Gasteiger partial charge in [-0.2, -0.15) is 13.2 Å². The van der Waals surface area contributed by atoms with Gasteiger partial charge in [0.05, 0.1) is 5.56 Å². The Morgan fingerprint density at radius 2 is 1.78 bits per heavy atom. The van der Waals surface area contributed by atoms with Crippen LogP contribution in [-0.4, -0.2) is 47.1 Å². The molecule has 1 fully saturated rings. The number of carbonyl (C=O) groups is 1. The molecule has 3 rings (SSSR count). The van der Waals surface area contributed by atoms with E-state index in [1.165, 1.54) is 18.2 Å². The van der Waals surface area contributed by atoms with Crippen molar-refractivity contribution in [3.8, 4) is 0 Å². The van der Waals surface area contributed by atoms with Gasteiger partial charge in [0.1, 0.15) is 5.82 Å². The maximum absolute atomic E-state index is 12.7. The highest BCUT2D eigenvalue weighted by atomic mass is 19.4. The largest absolute Gasteiger partial charge is 0.477 e. The standard InChI is InChI=1S/C19H20F3N3O2/c20-19(21,22)15-7-5-14(6-8-15)13-24-9-2-10-25(12-11-24)17-4-1-3-16(23-17)18(26)27/h1,3-8H,2,9-13H2,(H,26,27). The summed E-state index contributed by atoms with van der Waals surface area (Å²) in [6, 6.07) is 10.2. The van der Waals surface area contributed by atoms with E-state index in [0.29, 0.717) is 18.9 Å². The van der Waals surface area contributed by atoms with Gasteiger partial charge in [-0.25, -0.2) is 9.78 Å². The number of nitrogens with zero attached hydrogens (tertiary/aromatic N) is 3. The molecule has 1 N–H and O–H groups in total. The van der Waals surface area contributed by atoms with Crippen LogP contribution in [0, 0.1) is 0 Å². The molecule has 5 nitrogen and oxygen atoms in total. The molecule has 1 aromatic heterocycles. The van der Waals surface area contributed by atoms with Crippen LogP contribution in [-0.2, 0) is 12.7 Å². The number of hydrogen-bond donors (Lipinski definition) is 1. The molecule has 0 spiro atoms. The van der Waals surface area contributed by atoms with Crippen molar-refractivity contribution in [1.29, 1.82) is 0 Å². The van der Waals surface area contributed by atoms with Gasteiger partial charge in [-0.1, -0.05) is 18.2 Å². The number of pyridine rings is 1. The van der Waals surface area contributed by atoms with Crippen LogP contribution in [0.4, 0.5) is 19.0 Å². The number of hydrogen-bond acceptors (Lipinski definition) is 4. The molecule has 0 amide bonds. The predicted octanol–water partition coefficient (Wildman–Crippen LogP) is 3.51. The van der Waals surface area contributed by atoms with Gasteiger partial charge in [0.25, 0.3) is 0 Å². The molecule has 2 aromatic rings. The first-order valence-corrected chi connectivity index (χ1v) is 8.67. The molecule has 0 bridgehead atoms. The Bertz CT molecular complexity index is 794. The Hall–Kier alpha value is -2.61. The zero-order valence-corrected chi connectivity index (χ0v) is 14.6. The van der Waals surface area contributed by atoms with Crippen LogP contribution in [0.25, 0.3) is 0 Å². The van der Waals surface area contributed by atoms with Crippen LogP contribution in [0.3, 0.4) is 0 Å². The average Bonchev–Trinajstić information content (AvgIpc) is 2.87. The van der Waals surface area contributed by atoms with Crippen molar-refractivity contribution in [1.82, 2.24) is 9.88 Å². The Balaban J connectivity index is 1.61. The van der Waals surface area contributed by atoms with Crippen molar-refractivity contribution < 1.29 is 23.1 Å². The summed E-state index contributed by atoms with van der Waals surface area (Å²) in [5.41, 5.74) is 0.207. The minimum atomic E-state index is -4.32. The molecule has 1 saturated heterocycles. The van der Waals surface area contributed by atoms with E-state index < -0.39 is 17.7 Å². The van der Waals surface area contributed by atoms with E-state index in [9.17, 15) is 18.0 Å². The van der Waals surface area contributed by atoms with Gasteiger partial charge in [0.15, 0.2) is 5.69 Å². The Labute approximate surface area is 155 Å². The molecule has 0 unspecified atom stereocenters. The van der Waals surface area contributed by atoms with E-state index in [1.807, 2.05) is 4.90 Å². The van der Waals surface area contributed by atoms with Crippen molar-refractivity contribution in [3.05, 3.63) is 59.3 Å². The van der Waals surface area contributed by atoms with Crippen LogP contribution >= 0.6 is 0 Å². The zero-order valence-electron chi connectivity index (χ0n) is 14.6. The summed E-state index contributed by atoms with van der Waals surface area (Å²) in [4.78, 5) is 19.5. The molecule has 1 aliphatic heterocycles. The maximum Gasteiger partial charge on any atom is 0.416 e. The van der Waals surface area contributed by atoms with Crippen LogP contribution in [0.15, 0.2) is 42.5 Å². The predicted molar refractivity (Wildman–Crippen MR) is 94.7 cm³/mol. The number of carboxylic acid groups (broad SMARTS) is 1. The lowest BCUT2D eigenvalue weighted by molar-refractivity contribution is -0.137. The van der Waals surface area contributed by atoms with E-state index in [4.69, 9.17) is 5.11 Å². The van der Waals surface area contributed by atoms with Crippen LogP contribution in [0.2, 0.25) is 0 Å². The lowest BCUT2D eigenvalue weighted by atomic mass is 10.1. The van der Waals surface area contributed by atoms with Crippen LogP contribution in [0.1, 0.15) is 28.0 Å². The first-order valence-electron chi connectivity index (χ1n) is 8.67. The van der Waals surface area contributed by atoms with Crippen LogP contribution < -0.4 is 4.90 Å². The number of anilines is 1. The van der Waals surface area contributed by atoms with E-state index in [1.54, 1.807) is 12.1 Å². The third-order valence-electron chi connectivity index (χ3n) is 4.55. The fourth-order valence-corrected chi connectivity index (χ4v) is 3.13. The van der Waals surface area contributed by atoms with Gasteiger partial charge < -0.3 is 10.0 Å². The fraction of sp³-hybridized carbons (Fsp3) is 0.368. The number of carboxylic acids is 1. The molecule has 0 atom stereocenters. The number of alkyl halides is 3. The second-order valence-electron chi connectivity index (χ2n) is 6.50. The second-order valence-corrected chi connectivity index (χ2v) is 6.50. The normalized spacial score (nSPS) is 16.2. The molecule has 1 aromatic carbocycles. The molecule has 2 heterocycles. The Morgan fingerprint density at radius 3 is 2.44 bits per heavy atom. The van der Waals surface area contributed by atoms with Crippen molar-refractivity contribution in [2.24, 2.45) is 0 Å². The smallest absolute Gasteiger partial charge is 0.416 e. The second kappa shape index (κ2) is 7.96. The minimum absolute atomic E-state index is 0.0124. The topological polar surface area (TPSA) is 56.7 Å². The highest BCUT2D eigenvalue weighted by Gasteiger charge is 2.30. The molecule has 1 aliphatic rings. The Kier molecular flexibility index (Phi) is 5.65. The molecule has 27 heavy (non-hydrogen) atoms. The molecule has 0 saturated carbocycles. The first-order chi connectivity index (χ1) is 12.8. The van der Waals surface area contributed by atoms with Crippen LogP contribution in [0.5, 0.6) is 0 Å². The van der Waals surface area contributed by atoms with Crippen molar-refractivity contribution in [3.63, 3.8) is 0 Å². The fourth-order valence-electron chi connectivity index (χ4n) is 3.13. The summed E-state index contributed by atoms with van der Waals surface area (Å²) in [5, 5.41) is 9.08. The number of aromatic nitrogens is 1. The third kappa shape index (κ3) is 4.97. The van der Waals surface area contributed by atoms with Gasteiger partial charge in [0, 0.05) is 32.7 Å². The number of aromatic carboxylic acids is 1. The molecular formula is C19H20F3N3O2. The van der Waals surface area contributed by atoms with Gasteiger partial charge in [-0.3, -0.25) is 4.90 Å². The zero-order chi connectivity index (χ0) is 19.4. The number of halogens is 3. The van der Waals surface area contributed by atoms with Crippen molar-refractivity contribution >= 4 is 11.8 Å². The van der Waals surface area contributed by atoms with Crippen molar-refractivity contribution in [2.75, 3.05) is 31.1 Å². The lowest BCUT2D eigenvalue weighted by Crippen LogP contribution is -2.31. The summed E-state index contributed by atoms with van der Waals surface area (Å²) in [6.45, 7) is 3.54. The van der Waals surface area contributed by atoms with Gasteiger partial charge >= 0.3 is 12.1 Å².